The van der Waals surface area contributed by atoms with E-state index in [-0.39, 0.29) is 13.2 Å². The van der Waals surface area contributed by atoms with Crippen molar-refractivity contribution in [2.45, 2.75) is 11.8 Å². The molecule has 20 heavy (non-hydrogen) atoms. The molecule has 2 aromatic rings. The molecule has 0 saturated carbocycles. The van der Waals surface area contributed by atoms with Crippen LogP contribution in [0.1, 0.15) is 11.1 Å². The molecule has 106 valence electrons. The first-order chi connectivity index (χ1) is 9.59. The first-order valence-electron chi connectivity index (χ1n) is 6.32. The average molecular weight is 356 g/mol. The molecule has 2 nitrogen and oxygen atoms in total. The highest BCUT2D eigenvalue weighted by molar-refractivity contribution is 9.10. The number of aliphatic hydroxyl groups excluding tert-OH is 2. The molecule has 0 amide bonds. The summed E-state index contributed by atoms with van der Waals surface area (Å²) in [5, 5.41) is 20.3. The van der Waals surface area contributed by atoms with Crippen molar-refractivity contribution in [3.8, 4) is 0 Å². The first kappa shape index (κ1) is 15.5. The van der Waals surface area contributed by atoms with Crippen LogP contribution in [0.3, 0.4) is 0 Å². The van der Waals surface area contributed by atoms with Gasteiger partial charge in [0.25, 0.3) is 0 Å². The first-order valence-corrected chi connectivity index (χ1v) is 7.49. The van der Waals surface area contributed by atoms with Gasteiger partial charge in [-0.05, 0) is 41.8 Å². The van der Waals surface area contributed by atoms with Gasteiger partial charge in [-0.15, -0.1) is 0 Å². The second-order valence-corrected chi connectivity index (χ2v) is 6.26. The lowest BCUT2D eigenvalue weighted by Gasteiger charge is -2.30. The molecule has 2 aromatic carbocycles. The summed E-state index contributed by atoms with van der Waals surface area (Å²) in [6.07, 6.45) is 0.557. The van der Waals surface area contributed by atoms with Crippen molar-refractivity contribution in [1.82, 2.24) is 0 Å². The maximum absolute atomic E-state index is 9.83. The summed E-state index contributed by atoms with van der Waals surface area (Å²) in [6.45, 7) is -0.255. The highest BCUT2D eigenvalue weighted by Gasteiger charge is 2.31. The maximum atomic E-state index is 9.83. The Morgan fingerprint density at radius 2 is 1.65 bits per heavy atom. The molecule has 0 fully saturated rings. The number of benzene rings is 2. The molecule has 0 aromatic heterocycles. The van der Waals surface area contributed by atoms with Crippen molar-refractivity contribution in [3.05, 3.63) is 69.2 Å². The normalized spacial score (nSPS) is 11.6. The van der Waals surface area contributed by atoms with Gasteiger partial charge >= 0.3 is 0 Å². The van der Waals surface area contributed by atoms with E-state index in [1.165, 1.54) is 0 Å². The van der Waals surface area contributed by atoms with Crippen molar-refractivity contribution < 1.29 is 10.2 Å². The second-order valence-electron chi connectivity index (χ2n) is 4.91. The predicted octanol–water partition coefficient (Wildman–Crippen LogP) is 3.57. The third kappa shape index (κ3) is 3.41. The van der Waals surface area contributed by atoms with Crippen LogP contribution < -0.4 is 0 Å². The van der Waals surface area contributed by atoms with E-state index >= 15 is 0 Å². The Morgan fingerprint density at radius 1 is 1.00 bits per heavy atom. The van der Waals surface area contributed by atoms with Crippen LogP contribution in [-0.4, -0.2) is 23.4 Å². The highest BCUT2D eigenvalue weighted by atomic mass is 79.9. The number of hydrogen-bond donors (Lipinski definition) is 2. The zero-order valence-electron chi connectivity index (χ0n) is 10.9. The van der Waals surface area contributed by atoms with E-state index < -0.39 is 5.41 Å². The smallest absolute Gasteiger partial charge is 0.0553 e. The Morgan fingerprint density at radius 3 is 2.20 bits per heavy atom. The fourth-order valence-corrected chi connectivity index (χ4v) is 2.86. The zero-order chi connectivity index (χ0) is 14.6. The van der Waals surface area contributed by atoms with Gasteiger partial charge in [0.15, 0.2) is 0 Å². The molecule has 2 N–H and O–H groups in total. The number of hydrogen-bond acceptors (Lipinski definition) is 2. The molecular weight excluding hydrogens is 340 g/mol. The lowest BCUT2D eigenvalue weighted by atomic mass is 9.77. The molecule has 0 saturated heterocycles. The molecule has 0 radical (unpaired) electrons. The van der Waals surface area contributed by atoms with Crippen molar-refractivity contribution >= 4 is 27.5 Å². The van der Waals surface area contributed by atoms with E-state index in [1.807, 2.05) is 36.4 Å². The van der Waals surface area contributed by atoms with Crippen molar-refractivity contribution in [3.63, 3.8) is 0 Å². The third-order valence-corrected chi connectivity index (χ3v) is 4.24. The Kier molecular flexibility index (Phi) is 5.22. The molecule has 0 aliphatic rings. The monoisotopic (exact) mass is 354 g/mol. The minimum Gasteiger partial charge on any atom is -0.395 e. The van der Waals surface area contributed by atoms with Gasteiger partial charge in [-0.1, -0.05) is 51.8 Å². The van der Waals surface area contributed by atoms with Gasteiger partial charge in [0.1, 0.15) is 0 Å². The summed E-state index contributed by atoms with van der Waals surface area (Å²) in [5.74, 6) is 0. The van der Waals surface area contributed by atoms with Gasteiger partial charge in [-0.3, -0.25) is 0 Å². The van der Waals surface area contributed by atoms with Crippen LogP contribution in [0.25, 0.3) is 0 Å². The molecule has 0 unspecified atom stereocenters. The minimum absolute atomic E-state index is 0.127. The maximum Gasteiger partial charge on any atom is 0.0553 e. The summed E-state index contributed by atoms with van der Waals surface area (Å²) in [5.41, 5.74) is 1.23. The quantitative estimate of drug-likeness (QED) is 0.861. The van der Waals surface area contributed by atoms with Gasteiger partial charge in [0, 0.05) is 14.9 Å². The molecule has 4 heteroatoms. The van der Waals surface area contributed by atoms with Crippen LogP contribution in [0.5, 0.6) is 0 Å². The van der Waals surface area contributed by atoms with Gasteiger partial charge in [-0.25, -0.2) is 0 Å². The lowest BCUT2D eigenvalue weighted by Crippen LogP contribution is -2.37. The predicted molar refractivity (Wildman–Crippen MR) is 85.1 cm³/mol. The topological polar surface area (TPSA) is 40.5 Å². The van der Waals surface area contributed by atoms with Gasteiger partial charge in [-0.2, -0.15) is 0 Å². The number of halogens is 2. The van der Waals surface area contributed by atoms with E-state index in [1.54, 1.807) is 12.1 Å². The van der Waals surface area contributed by atoms with Crippen molar-refractivity contribution in [1.29, 1.82) is 0 Å². The molecule has 0 aliphatic heterocycles. The number of rotatable bonds is 5. The molecule has 0 aliphatic carbocycles. The van der Waals surface area contributed by atoms with E-state index in [0.717, 1.165) is 15.6 Å². The Balaban J connectivity index is 2.36. The summed E-state index contributed by atoms with van der Waals surface area (Å²) >= 11 is 9.33. The molecular formula is C16H16BrClO2. The van der Waals surface area contributed by atoms with Crippen LogP contribution in [0.2, 0.25) is 5.02 Å². The summed E-state index contributed by atoms with van der Waals surface area (Å²) in [7, 11) is 0. The summed E-state index contributed by atoms with van der Waals surface area (Å²) < 4.78 is 0.982. The zero-order valence-corrected chi connectivity index (χ0v) is 13.2. The fraction of sp³-hybridized carbons (Fsp3) is 0.250. The van der Waals surface area contributed by atoms with Gasteiger partial charge < -0.3 is 10.2 Å². The van der Waals surface area contributed by atoms with Crippen molar-refractivity contribution in [2.75, 3.05) is 13.2 Å². The largest absolute Gasteiger partial charge is 0.395 e. The SMILES string of the molecule is OCC(CO)(Cc1cccc(Br)c1)c1ccc(Cl)cc1. The Labute approximate surface area is 132 Å². The van der Waals surface area contributed by atoms with Crippen LogP contribution in [0, 0.1) is 0 Å². The van der Waals surface area contributed by atoms with E-state index in [2.05, 4.69) is 15.9 Å². The standard InChI is InChI=1S/C16H16BrClO2/c17-14-3-1-2-12(8-14)9-16(10-19,11-20)13-4-6-15(18)7-5-13/h1-8,19-20H,9-11H2. The van der Waals surface area contributed by atoms with Crippen LogP contribution in [0.15, 0.2) is 53.0 Å². The lowest BCUT2D eigenvalue weighted by molar-refractivity contribution is 0.116. The Hall–Kier alpha value is -0.870. The molecule has 0 bridgehead atoms. The Bertz CT molecular complexity index is 565. The fourth-order valence-electron chi connectivity index (χ4n) is 2.29. The van der Waals surface area contributed by atoms with Crippen LogP contribution in [-0.2, 0) is 11.8 Å². The van der Waals surface area contributed by atoms with Crippen LogP contribution >= 0.6 is 27.5 Å². The molecule has 2 rings (SSSR count). The average Bonchev–Trinajstić information content (AvgIpc) is 2.46. The summed E-state index contributed by atoms with van der Waals surface area (Å²) in [4.78, 5) is 0. The van der Waals surface area contributed by atoms with Crippen molar-refractivity contribution in [2.24, 2.45) is 0 Å². The highest BCUT2D eigenvalue weighted by Crippen LogP contribution is 2.29. The molecule has 0 atom stereocenters. The van der Waals surface area contributed by atoms with E-state index in [4.69, 9.17) is 11.6 Å². The molecule has 0 heterocycles. The third-order valence-electron chi connectivity index (χ3n) is 3.49. The summed E-state index contributed by atoms with van der Waals surface area (Å²) in [6, 6.07) is 15.1. The molecule has 0 spiro atoms. The van der Waals surface area contributed by atoms with Gasteiger partial charge in [0.2, 0.25) is 0 Å². The second kappa shape index (κ2) is 6.72. The van der Waals surface area contributed by atoms with E-state index in [9.17, 15) is 10.2 Å². The number of aliphatic hydroxyl groups is 2. The van der Waals surface area contributed by atoms with E-state index in [0.29, 0.717) is 11.4 Å². The van der Waals surface area contributed by atoms with Crippen LogP contribution in [0.4, 0.5) is 0 Å². The minimum atomic E-state index is -0.703. The van der Waals surface area contributed by atoms with Gasteiger partial charge in [0.05, 0.1) is 13.2 Å².